The summed E-state index contributed by atoms with van der Waals surface area (Å²) in [4.78, 5) is 11.5. The molecule has 0 aliphatic heterocycles. The molecular formula is C7H14N2OS2. The number of rotatable bonds is 0. The third-order valence-corrected chi connectivity index (χ3v) is 2.47. The summed E-state index contributed by atoms with van der Waals surface area (Å²) in [5.41, 5.74) is -0.478. The number of amides is 1. The number of carbonyl (C=O) groups is 1. The van der Waals surface area contributed by atoms with Gasteiger partial charge in [0.25, 0.3) is 0 Å². The Labute approximate surface area is 82.6 Å². The van der Waals surface area contributed by atoms with Crippen LogP contribution in [-0.2, 0) is 4.79 Å². The van der Waals surface area contributed by atoms with Crippen molar-refractivity contribution in [2.24, 2.45) is 11.3 Å². The number of carbonyl (C=O) groups excluding carboxylic acids is 1. The summed E-state index contributed by atoms with van der Waals surface area (Å²) in [6, 6.07) is 0. The van der Waals surface area contributed by atoms with Crippen molar-refractivity contribution in [3.05, 3.63) is 0 Å². The molecule has 0 heterocycles. The van der Waals surface area contributed by atoms with Gasteiger partial charge < -0.3 is 0 Å². The van der Waals surface area contributed by atoms with E-state index in [4.69, 9.17) is 18.1 Å². The summed E-state index contributed by atoms with van der Waals surface area (Å²) >= 11 is 6.15. The zero-order valence-electron chi connectivity index (χ0n) is 7.75. The van der Waals surface area contributed by atoms with Crippen LogP contribution in [-0.4, -0.2) is 21.5 Å². The molecular weight excluding hydrogens is 192 g/mol. The Morgan fingerprint density at radius 1 is 1.50 bits per heavy atom. The summed E-state index contributed by atoms with van der Waals surface area (Å²) < 4.78 is 0.398. The van der Waals surface area contributed by atoms with E-state index in [2.05, 4.69) is 0 Å². The first-order valence-corrected chi connectivity index (χ1v) is 5.11. The third-order valence-electron chi connectivity index (χ3n) is 1.23. The predicted molar refractivity (Wildman–Crippen MR) is 56.6 cm³/mol. The Balaban J connectivity index is 4.41. The normalized spacial score (nSPS) is 11.1. The van der Waals surface area contributed by atoms with Crippen LogP contribution in [0, 0.1) is 5.41 Å². The number of thiocarbonyl (C=S) groups is 1. The van der Waals surface area contributed by atoms with Crippen molar-refractivity contribution in [2.75, 3.05) is 6.26 Å². The topological polar surface area (TPSA) is 46.3 Å². The maximum atomic E-state index is 11.5. The van der Waals surface area contributed by atoms with E-state index in [1.54, 1.807) is 27.0 Å². The van der Waals surface area contributed by atoms with Crippen LogP contribution in [0.4, 0.5) is 0 Å². The monoisotopic (exact) mass is 206 g/mol. The lowest BCUT2D eigenvalue weighted by atomic mass is 9.96. The molecule has 0 radical (unpaired) electrons. The van der Waals surface area contributed by atoms with Gasteiger partial charge in [-0.1, -0.05) is 44.8 Å². The highest BCUT2D eigenvalue weighted by molar-refractivity contribution is 8.22. The molecule has 3 nitrogen and oxygen atoms in total. The third kappa shape index (κ3) is 3.08. The quantitative estimate of drug-likeness (QED) is 0.281. The molecule has 0 saturated carbocycles. The minimum atomic E-state index is -0.478. The van der Waals surface area contributed by atoms with Gasteiger partial charge in [-0.05, 0) is 6.26 Å². The van der Waals surface area contributed by atoms with Crippen LogP contribution in [0.15, 0.2) is 0 Å². The van der Waals surface area contributed by atoms with Crippen LogP contribution < -0.4 is 5.84 Å². The molecule has 70 valence electrons. The molecule has 0 aromatic heterocycles. The Bertz CT molecular complexity index is 198. The second kappa shape index (κ2) is 4.20. The highest BCUT2D eigenvalue weighted by Gasteiger charge is 2.27. The molecule has 0 aromatic carbocycles. The van der Waals surface area contributed by atoms with Crippen LogP contribution in [0.25, 0.3) is 0 Å². The lowest BCUT2D eigenvalue weighted by Crippen LogP contribution is -2.46. The van der Waals surface area contributed by atoms with Crippen LogP contribution in [0.1, 0.15) is 20.8 Å². The van der Waals surface area contributed by atoms with Crippen LogP contribution in [0.5, 0.6) is 0 Å². The van der Waals surface area contributed by atoms with Gasteiger partial charge in [0.2, 0.25) is 5.91 Å². The first-order chi connectivity index (χ1) is 5.30. The molecule has 12 heavy (non-hydrogen) atoms. The number of nitrogens with two attached hydrogens (primary N) is 1. The van der Waals surface area contributed by atoms with Gasteiger partial charge in [-0.25, -0.2) is 10.9 Å². The van der Waals surface area contributed by atoms with Gasteiger partial charge in [0.05, 0.1) is 0 Å². The van der Waals surface area contributed by atoms with E-state index < -0.39 is 5.41 Å². The Hall–Kier alpha value is -0.130. The van der Waals surface area contributed by atoms with E-state index in [0.29, 0.717) is 4.32 Å². The summed E-state index contributed by atoms with van der Waals surface area (Å²) in [7, 11) is 0. The van der Waals surface area contributed by atoms with Crippen molar-refractivity contribution >= 4 is 34.2 Å². The Morgan fingerprint density at radius 3 is 2.17 bits per heavy atom. The summed E-state index contributed by atoms with van der Waals surface area (Å²) in [5.74, 6) is 5.31. The fourth-order valence-corrected chi connectivity index (χ4v) is 0.905. The molecule has 0 saturated heterocycles. The molecule has 0 aromatic rings. The van der Waals surface area contributed by atoms with E-state index in [9.17, 15) is 4.79 Å². The number of nitrogens with zero attached hydrogens (tertiary/aromatic N) is 1. The second-order valence-corrected chi connectivity index (χ2v) is 4.84. The second-order valence-electron chi connectivity index (χ2n) is 3.40. The van der Waals surface area contributed by atoms with Gasteiger partial charge in [-0.15, -0.1) is 0 Å². The number of thioether (sulfide) groups is 1. The molecule has 0 aliphatic rings. The largest absolute Gasteiger partial charge is 0.272 e. The fourth-order valence-electron chi connectivity index (χ4n) is 0.543. The van der Waals surface area contributed by atoms with Gasteiger partial charge in [-0.3, -0.25) is 4.79 Å². The molecule has 5 heteroatoms. The minimum absolute atomic E-state index is 0.165. The van der Waals surface area contributed by atoms with E-state index in [1.165, 1.54) is 11.8 Å². The molecule has 0 rings (SSSR count). The molecule has 0 unspecified atom stereocenters. The van der Waals surface area contributed by atoms with Crippen molar-refractivity contribution in [3.63, 3.8) is 0 Å². The van der Waals surface area contributed by atoms with Gasteiger partial charge in [0.15, 0.2) is 4.32 Å². The standard InChI is InChI=1S/C7H14N2OS2/c1-7(2,3)5(10)9(8)6(11)12-4/h8H2,1-4H3. The van der Waals surface area contributed by atoms with Crippen LogP contribution in [0.3, 0.4) is 0 Å². The molecule has 0 bridgehead atoms. The average molecular weight is 206 g/mol. The first-order valence-electron chi connectivity index (χ1n) is 3.48. The van der Waals surface area contributed by atoms with Crippen LogP contribution >= 0.6 is 24.0 Å². The maximum Gasteiger partial charge on any atom is 0.247 e. The summed E-state index contributed by atoms with van der Waals surface area (Å²) in [6.07, 6.45) is 1.79. The van der Waals surface area contributed by atoms with Gasteiger partial charge in [0, 0.05) is 5.41 Å². The Morgan fingerprint density at radius 2 is 1.92 bits per heavy atom. The lowest BCUT2D eigenvalue weighted by molar-refractivity contribution is -0.135. The van der Waals surface area contributed by atoms with E-state index in [-0.39, 0.29) is 5.91 Å². The van der Waals surface area contributed by atoms with Crippen molar-refractivity contribution in [1.29, 1.82) is 0 Å². The van der Waals surface area contributed by atoms with Crippen molar-refractivity contribution in [1.82, 2.24) is 5.01 Å². The molecule has 0 atom stereocenters. The molecule has 2 N–H and O–H groups in total. The smallest absolute Gasteiger partial charge is 0.247 e. The predicted octanol–water partition coefficient (Wildman–Crippen LogP) is 1.38. The summed E-state index contributed by atoms with van der Waals surface area (Å²) in [6.45, 7) is 5.41. The maximum absolute atomic E-state index is 11.5. The molecule has 0 spiro atoms. The Kier molecular flexibility index (Phi) is 4.16. The summed E-state index contributed by atoms with van der Waals surface area (Å²) in [5, 5.41) is 1.03. The van der Waals surface area contributed by atoms with Crippen LogP contribution in [0.2, 0.25) is 0 Å². The van der Waals surface area contributed by atoms with E-state index >= 15 is 0 Å². The number of hydrazine groups is 1. The highest BCUT2D eigenvalue weighted by Crippen LogP contribution is 2.17. The van der Waals surface area contributed by atoms with Gasteiger partial charge in [0.1, 0.15) is 0 Å². The average Bonchev–Trinajstić information content (AvgIpc) is 1.98. The van der Waals surface area contributed by atoms with Crippen molar-refractivity contribution < 1.29 is 4.79 Å². The van der Waals surface area contributed by atoms with Crippen molar-refractivity contribution in [2.45, 2.75) is 20.8 Å². The van der Waals surface area contributed by atoms with Crippen molar-refractivity contribution in [3.8, 4) is 0 Å². The highest BCUT2D eigenvalue weighted by atomic mass is 32.2. The zero-order chi connectivity index (χ0) is 9.94. The lowest BCUT2D eigenvalue weighted by Gasteiger charge is -2.24. The first kappa shape index (κ1) is 11.9. The van der Waals surface area contributed by atoms with Gasteiger partial charge >= 0.3 is 0 Å². The zero-order valence-corrected chi connectivity index (χ0v) is 9.38. The minimum Gasteiger partial charge on any atom is -0.272 e. The number of hydrogen-bond acceptors (Lipinski definition) is 4. The molecule has 0 fully saturated rings. The van der Waals surface area contributed by atoms with Gasteiger partial charge in [-0.2, -0.15) is 0 Å². The molecule has 0 aliphatic carbocycles. The molecule has 1 amide bonds. The van der Waals surface area contributed by atoms with E-state index in [0.717, 1.165) is 5.01 Å². The number of hydrogen-bond donors (Lipinski definition) is 1. The van der Waals surface area contributed by atoms with E-state index in [1.807, 2.05) is 0 Å². The fraction of sp³-hybridized carbons (Fsp3) is 0.714. The SMILES string of the molecule is CSC(=S)N(N)C(=O)C(C)(C)C.